The number of carboxylic acid groups (broad SMARTS) is 2. The van der Waals surface area contributed by atoms with Crippen LogP contribution in [0, 0.1) is 0 Å². The van der Waals surface area contributed by atoms with Gasteiger partial charge in [-0.1, -0.05) is 5.16 Å². The number of nitrogens with zero attached hydrogens (tertiary/aromatic N) is 7. The van der Waals surface area contributed by atoms with Crippen LogP contribution in [0.1, 0.15) is 32.1 Å². The van der Waals surface area contributed by atoms with Gasteiger partial charge >= 0.3 is 23.5 Å². The van der Waals surface area contributed by atoms with Crippen molar-refractivity contribution in [2.45, 2.75) is 49.9 Å². The molecule has 0 radical (unpaired) electrons. The van der Waals surface area contributed by atoms with Crippen LogP contribution in [0.25, 0.3) is 11.2 Å². The standard InChI is InChI=1S/C26H29N11O7S2/c1-26(2,23(42)43)44-33-14(17-31-25(28)46-34-17)19(38)30-15-20(39)37-16(22(40)41)11(10-45-21(15)37)9-35-7-3-4-13-18(35)32-24(27)36(13)12-5-6-29-8-12/h3-4,7,12,15,21,27,29H,5-6,8-10H2,1-2H3,(H5,28,30,31,34,38,40,41,42,43)/p+1/b33-14-/t12-,15-,21-/m1/s1. The second kappa shape index (κ2) is 11.8. The predicted octanol–water partition coefficient (Wildman–Crippen LogP) is -1.10. The van der Waals surface area contributed by atoms with E-state index < -0.39 is 46.5 Å². The molecular weight excluding hydrogens is 642 g/mol. The lowest BCUT2D eigenvalue weighted by atomic mass is 10.0. The van der Waals surface area contributed by atoms with E-state index >= 15 is 0 Å². The van der Waals surface area contributed by atoms with Crippen LogP contribution in [0.4, 0.5) is 11.1 Å². The number of β-lactam (4-membered cyclic amide) rings is 1. The van der Waals surface area contributed by atoms with Crippen LogP contribution in [-0.2, 0) is 30.6 Å². The number of carboxylic acids is 2. The first-order valence-electron chi connectivity index (χ1n) is 14.0. The molecule has 0 aliphatic carbocycles. The van der Waals surface area contributed by atoms with Gasteiger partial charge in [-0.3, -0.25) is 19.1 Å². The van der Waals surface area contributed by atoms with Gasteiger partial charge in [-0.05, 0) is 43.9 Å². The number of fused-ring (bicyclic) bond motifs is 2. The van der Waals surface area contributed by atoms with E-state index in [-0.39, 0.29) is 35.0 Å². The number of amides is 2. The second-order valence-corrected chi connectivity index (χ2v) is 13.1. The Morgan fingerprint density at radius 1 is 1.28 bits per heavy atom. The maximum absolute atomic E-state index is 13.4. The fourth-order valence-corrected chi connectivity index (χ4v) is 7.20. The number of nitrogens with one attached hydrogen (secondary N) is 2. The number of oxime groups is 1. The van der Waals surface area contributed by atoms with Crippen molar-refractivity contribution >= 4 is 75.0 Å². The Balaban J connectivity index is 1.24. The lowest BCUT2D eigenvalue weighted by molar-refractivity contribution is -0.664. The highest BCUT2D eigenvalue weighted by Gasteiger charge is 2.55. The summed E-state index contributed by atoms with van der Waals surface area (Å²) in [7, 11) is 0. The Morgan fingerprint density at radius 2 is 2.07 bits per heavy atom. The summed E-state index contributed by atoms with van der Waals surface area (Å²) in [6.07, 6.45) is 2.69. The number of nitrogen functional groups attached to an aromatic ring is 2. The Kier molecular flexibility index (Phi) is 8.02. The summed E-state index contributed by atoms with van der Waals surface area (Å²) in [5, 5.41) is 28.4. The normalized spacial score (nSPS) is 21.7. The molecule has 2 saturated heterocycles. The maximum atomic E-state index is 13.4. The number of hydrogen-bond acceptors (Lipinski definition) is 14. The Hall–Kier alpha value is -4.82. The first-order chi connectivity index (χ1) is 21.9. The Bertz CT molecular complexity index is 1830. The molecule has 3 aromatic rings. The molecule has 3 aliphatic heterocycles. The third kappa shape index (κ3) is 5.47. The molecule has 0 saturated carbocycles. The topological polar surface area (TPSA) is 257 Å². The zero-order valence-corrected chi connectivity index (χ0v) is 26.2. The smallest absolute Gasteiger partial charge is 0.352 e. The first kappa shape index (κ1) is 31.2. The lowest BCUT2D eigenvalue weighted by Crippen LogP contribution is -2.71. The van der Waals surface area contributed by atoms with E-state index in [1.54, 1.807) is 10.8 Å². The molecule has 242 valence electrons. The number of imidazole rings is 1. The number of aromatic nitrogens is 5. The van der Waals surface area contributed by atoms with Gasteiger partial charge in [0.15, 0.2) is 5.13 Å². The molecule has 2 amide bonds. The summed E-state index contributed by atoms with van der Waals surface area (Å²) in [4.78, 5) is 65.5. The van der Waals surface area contributed by atoms with E-state index in [4.69, 9.17) is 16.3 Å². The number of anilines is 2. The fourth-order valence-electron chi connectivity index (χ4n) is 5.43. The van der Waals surface area contributed by atoms with Crippen molar-refractivity contribution in [1.82, 2.24) is 34.4 Å². The number of rotatable bonds is 10. The van der Waals surface area contributed by atoms with Gasteiger partial charge < -0.3 is 37.2 Å². The number of hydrogen-bond donors (Lipinski definition) is 6. The third-order valence-electron chi connectivity index (χ3n) is 7.79. The van der Waals surface area contributed by atoms with Gasteiger partial charge in [0.25, 0.3) is 11.8 Å². The Labute approximate surface area is 268 Å². The number of thioether (sulfide) groups is 1. The average Bonchev–Trinajstić information content (AvgIpc) is 3.76. The van der Waals surface area contributed by atoms with Crippen LogP contribution in [0.2, 0.25) is 0 Å². The fraction of sp³-hybridized carbons (Fsp3) is 0.423. The molecule has 3 aliphatic rings. The summed E-state index contributed by atoms with van der Waals surface area (Å²) < 4.78 is 7.74. The van der Waals surface area contributed by atoms with Crippen molar-refractivity contribution in [3.63, 3.8) is 0 Å². The Morgan fingerprint density at radius 3 is 2.72 bits per heavy atom. The number of carbonyl (C=O) groups is 4. The largest absolute Gasteiger partial charge is 0.478 e. The van der Waals surface area contributed by atoms with E-state index in [1.165, 1.54) is 25.6 Å². The summed E-state index contributed by atoms with van der Waals surface area (Å²) in [5.41, 5.74) is 11.4. The zero-order chi connectivity index (χ0) is 32.9. The molecule has 0 aromatic carbocycles. The molecule has 3 atom stereocenters. The minimum absolute atomic E-state index is 0.0176. The third-order valence-corrected chi connectivity index (χ3v) is 9.68. The van der Waals surface area contributed by atoms with E-state index in [0.717, 1.165) is 41.5 Å². The summed E-state index contributed by atoms with van der Waals surface area (Å²) in [6, 6.07) is 2.79. The summed E-state index contributed by atoms with van der Waals surface area (Å²) >= 11 is 2.06. The van der Waals surface area contributed by atoms with E-state index in [9.17, 15) is 29.4 Å². The van der Waals surface area contributed by atoms with Crippen molar-refractivity contribution < 1.29 is 38.8 Å². The second-order valence-electron chi connectivity index (χ2n) is 11.3. The average molecular weight is 673 g/mol. The maximum Gasteiger partial charge on any atom is 0.352 e. The monoisotopic (exact) mass is 672 g/mol. The molecule has 3 aromatic heterocycles. The van der Waals surface area contributed by atoms with Crippen LogP contribution in [0.5, 0.6) is 0 Å². The molecule has 0 unspecified atom stereocenters. The summed E-state index contributed by atoms with van der Waals surface area (Å²) in [5.74, 6) is -3.84. The van der Waals surface area contributed by atoms with Crippen LogP contribution >= 0.6 is 23.3 Å². The molecule has 0 spiro atoms. The van der Waals surface area contributed by atoms with Crippen molar-refractivity contribution in [2.24, 2.45) is 5.16 Å². The first-order valence-corrected chi connectivity index (χ1v) is 15.9. The van der Waals surface area contributed by atoms with Crippen molar-refractivity contribution in [3.8, 4) is 0 Å². The van der Waals surface area contributed by atoms with Gasteiger partial charge in [-0.25, -0.2) is 14.2 Å². The molecule has 46 heavy (non-hydrogen) atoms. The molecular formula is C26H30N11O7S2+. The van der Waals surface area contributed by atoms with Crippen LogP contribution in [-0.4, -0.2) is 99.3 Å². The molecule has 6 rings (SSSR count). The van der Waals surface area contributed by atoms with Crippen molar-refractivity contribution in [1.29, 1.82) is 0 Å². The predicted molar refractivity (Wildman–Crippen MR) is 164 cm³/mol. The van der Waals surface area contributed by atoms with Crippen LogP contribution < -0.4 is 26.7 Å². The van der Waals surface area contributed by atoms with Gasteiger partial charge in [0.1, 0.15) is 29.2 Å². The number of carbonyl (C=O) groups excluding carboxylic acids is 2. The summed E-state index contributed by atoms with van der Waals surface area (Å²) in [6.45, 7) is 4.24. The zero-order valence-electron chi connectivity index (χ0n) is 24.5. The molecule has 0 bridgehead atoms. The molecule has 18 nitrogen and oxygen atoms in total. The van der Waals surface area contributed by atoms with Gasteiger partial charge in [-0.15, -0.1) is 11.8 Å². The minimum atomic E-state index is -1.80. The van der Waals surface area contributed by atoms with Crippen molar-refractivity contribution in [2.75, 3.05) is 30.3 Å². The number of pyridine rings is 1. The van der Waals surface area contributed by atoms with Crippen molar-refractivity contribution in [3.05, 3.63) is 35.4 Å². The van der Waals surface area contributed by atoms with Gasteiger partial charge in [0.2, 0.25) is 17.1 Å². The van der Waals surface area contributed by atoms with Gasteiger partial charge in [-0.2, -0.15) is 9.36 Å². The number of nitrogens with two attached hydrogens (primary N) is 2. The highest BCUT2D eigenvalue weighted by Crippen LogP contribution is 2.40. The van der Waals surface area contributed by atoms with Crippen LogP contribution in [0.3, 0.4) is 0 Å². The van der Waals surface area contributed by atoms with Gasteiger partial charge in [0, 0.05) is 29.4 Å². The minimum Gasteiger partial charge on any atom is -0.478 e. The van der Waals surface area contributed by atoms with Crippen LogP contribution in [0.15, 0.2) is 34.8 Å². The quantitative estimate of drug-likeness (QED) is 0.0647. The lowest BCUT2D eigenvalue weighted by Gasteiger charge is -2.49. The van der Waals surface area contributed by atoms with E-state index in [1.807, 2.05) is 16.7 Å². The molecule has 6 heterocycles. The SMILES string of the molecule is CC(C)(O/N=C(\C(=O)N[C@@H]1C(=O)N2C(C(=O)O)=C(C[n+]3cccc4c3nc(N)n4[C@@H]3CCNC3)CS[C@H]12)c1nsc(N)n1)C(=O)O. The molecule has 20 heteroatoms. The molecule has 2 fully saturated rings. The van der Waals surface area contributed by atoms with E-state index in [0.29, 0.717) is 17.2 Å². The van der Waals surface area contributed by atoms with E-state index in [2.05, 4.69) is 30.1 Å². The highest BCUT2D eigenvalue weighted by molar-refractivity contribution is 8.00. The number of aliphatic carboxylic acids is 2. The van der Waals surface area contributed by atoms with Gasteiger partial charge in [0.05, 0.1) is 12.2 Å². The highest BCUT2D eigenvalue weighted by atomic mass is 32.2. The molecule has 8 N–H and O–H groups in total.